The van der Waals surface area contributed by atoms with Crippen LogP contribution in [0.5, 0.6) is 5.75 Å². The van der Waals surface area contributed by atoms with Gasteiger partial charge in [0, 0.05) is 44.0 Å². The van der Waals surface area contributed by atoms with Crippen molar-refractivity contribution in [2.75, 3.05) is 35.6 Å². The van der Waals surface area contributed by atoms with Crippen molar-refractivity contribution >= 4 is 50.0 Å². The van der Waals surface area contributed by atoms with Crippen molar-refractivity contribution in [3.63, 3.8) is 0 Å². The van der Waals surface area contributed by atoms with Gasteiger partial charge in [-0.15, -0.1) is 4.36 Å². The number of amides is 1. The maximum Gasteiger partial charge on any atom is 0.286 e. The van der Waals surface area contributed by atoms with E-state index in [4.69, 9.17) is 21.1 Å². The van der Waals surface area contributed by atoms with Gasteiger partial charge in [-0.1, -0.05) is 31.0 Å². The summed E-state index contributed by atoms with van der Waals surface area (Å²) in [6.07, 6.45) is 11.0. The molecule has 0 saturated heterocycles. The Kier molecular flexibility index (Phi) is 10.3. The van der Waals surface area contributed by atoms with E-state index in [9.17, 15) is 9.00 Å². The molecule has 50 heavy (non-hydrogen) atoms. The van der Waals surface area contributed by atoms with E-state index in [1.165, 1.54) is 17.5 Å². The number of halogens is 1. The Bertz CT molecular complexity index is 1990. The van der Waals surface area contributed by atoms with Crippen LogP contribution >= 0.6 is 11.6 Å². The van der Waals surface area contributed by atoms with Gasteiger partial charge in [-0.25, -0.2) is 14.2 Å². The third-order valence-electron chi connectivity index (χ3n) is 10.5. The number of hydrogen-bond donors (Lipinski definition) is 1. The van der Waals surface area contributed by atoms with Crippen LogP contribution in [0.2, 0.25) is 5.02 Å². The summed E-state index contributed by atoms with van der Waals surface area (Å²) in [5.74, 6) is 1.57. The van der Waals surface area contributed by atoms with Crippen LogP contribution in [0.4, 0.5) is 11.5 Å². The highest BCUT2D eigenvalue weighted by Gasteiger charge is 2.38. The largest absolute Gasteiger partial charge is 0.491 e. The monoisotopic (exact) mass is 719 g/mol. The molecule has 1 aliphatic carbocycles. The van der Waals surface area contributed by atoms with E-state index in [0.717, 1.165) is 74.4 Å². The number of aromatic nitrogens is 4. The number of rotatable bonds is 3. The highest BCUT2D eigenvalue weighted by Crippen LogP contribution is 2.43. The van der Waals surface area contributed by atoms with Crippen LogP contribution in [0.25, 0.3) is 11.0 Å². The van der Waals surface area contributed by atoms with Gasteiger partial charge in [-0.05, 0) is 104 Å². The first-order chi connectivity index (χ1) is 24.2. The molecule has 1 fully saturated rings. The first-order valence-electron chi connectivity index (χ1n) is 17.7. The van der Waals surface area contributed by atoms with E-state index in [1.54, 1.807) is 24.0 Å². The summed E-state index contributed by atoms with van der Waals surface area (Å²) in [6.45, 7) is 4.06. The third-order valence-corrected chi connectivity index (χ3v) is 12.7. The number of nitrogens with one attached hydrogen (secondary N) is 1. The molecular weight excluding hydrogens is 674 g/mol. The van der Waals surface area contributed by atoms with E-state index in [0.29, 0.717) is 47.4 Å². The fraction of sp³-hybridized carbons (Fsp3) is 0.514. The molecule has 1 N–H and O–H groups in total. The minimum Gasteiger partial charge on any atom is -0.491 e. The summed E-state index contributed by atoms with van der Waals surface area (Å²) in [7, 11) is 0.292. The molecule has 7 rings (SSSR count). The lowest BCUT2D eigenvalue weighted by atomic mass is 9.69. The van der Waals surface area contributed by atoms with Gasteiger partial charge in [-0.2, -0.15) is 5.10 Å². The maximum absolute atomic E-state index is 14.8. The average molecular weight is 720 g/mol. The Labute approximate surface area is 299 Å². The number of fused-ring (bicyclic) bond motifs is 4. The molecule has 2 bridgehead atoms. The van der Waals surface area contributed by atoms with Crippen molar-refractivity contribution in [1.29, 1.82) is 0 Å². The molecule has 4 aromatic rings. The van der Waals surface area contributed by atoms with E-state index in [1.807, 2.05) is 25.3 Å². The Morgan fingerprint density at radius 2 is 1.92 bits per heavy atom. The Morgan fingerprint density at radius 1 is 1.04 bits per heavy atom. The molecule has 5 atom stereocenters. The topological polar surface area (TPSA) is 124 Å². The number of anilines is 2. The lowest BCUT2D eigenvalue weighted by Gasteiger charge is -2.44. The van der Waals surface area contributed by atoms with Gasteiger partial charge < -0.3 is 14.4 Å². The van der Waals surface area contributed by atoms with Gasteiger partial charge in [0.2, 0.25) is 0 Å². The lowest BCUT2D eigenvalue weighted by molar-refractivity contribution is -0.0222. The molecule has 0 spiro atoms. The van der Waals surface area contributed by atoms with Crippen LogP contribution in [0.15, 0.2) is 53.3 Å². The summed E-state index contributed by atoms with van der Waals surface area (Å²) >= 11 is 6.48. The molecule has 2 aromatic carbocycles. The van der Waals surface area contributed by atoms with E-state index in [-0.39, 0.29) is 17.8 Å². The zero-order chi connectivity index (χ0) is 34.8. The number of benzene rings is 2. The lowest BCUT2D eigenvalue weighted by Crippen LogP contribution is -2.44. The first kappa shape index (κ1) is 34.7. The van der Waals surface area contributed by atoms with Crippen molar-refractivity contribution in [3.05, 3.63) is 70.6 Å². The smallest absolute Gasteiger partial charge is 0.286 e. The standard InChI is InChI=1S/C37H46ClN7O4S/c1-24-7-6-9-33(48-3)30-14-11-28(30)20-45-19-27-10-13-29(38)17-25(27)8-4-5-16-49-34-15-12-26(18-32(34)45)37(46)43-50(47,22-24)42-36-31-21-44(2)41-35(31)39-23-40-36/h10,12-13,15,17-18,21,23-24,28,30,33H,4-9,11,14,16,19-20,22H2,1-3H3,(H,39,40,41,42,43,46,47)/t24-,28-,30+,33-,50?/m0/s1. The number of aryl methyl sites for hydroxylation is 2. The molecule has 1 unspecified atom stereocenters. The van der Waals surface area contributed by atoms with E-state index >= 15 is 0 Å². The molecule has 4 heterocycles. The van der Waals surface area contributed by atoms with Crippen LogP contribution in [-0.4, -0.2) is 62.0 Å². The Morgan fingerprint density at radius 3 is 2.74 bits per heavy atom. The summed E-state index contributed by atoms with van der Waals surface area (Å²) in [6, 6.07) is 11.6. The van der Waals surface area contributed by atoms with Crippen molar-refractivity contribution in [1.82, 2.24) is 19.7 Å². The molecule has 0 radical (unpaired) electrons. The van der Waals surface area contributed by atoms with Crippen molar-refractivity contribution in [2.24, 2.45) is 29.2 Å². The third kappa shape index (κ3) is 7.62. The maximum atomic E-state index is 14.8. The number of hydrogen-bond acceptors (Lipinski definition) is 8. The second-order valence-electron chi connectivity index (χ2n) is 14.2. The molecule has 1 amide bonds. The molecular formula is C37H46ClN7O4S. The summed E-state index contributed by atoms with van der Waals surface area (Å²) in [5, 5.41) is 5.71. The second kappa shape index (κ2) is 14.9. The zero-order valence-electron chi connectivity index (χ0n) is 29.0. The van der Waals surface area contributed by atoms with Crippen LogP contribution in [0.1, 0.15) is 73.4 Å². The van der Waals surface area contributed by atoms with Crippen LogP contribution in [-0.2, 0) is 34.7 Å². The summed E-state index contributed by atoms with van der Waals surface area (Å²) in [5.41, 5.74) is 4.11. The predicted molar refractivity (Wildman–Crippen MR) is 197 cm³/mol. The summed E-state index contributed by atoms with van der Waals surface area (Å²) < 4.78 is 36.6. The molecule has 3 aliphatic rings. The highest BCUT2D eigenvalue weighted by atomic mass is 35.5. The number of nitrogens with zero attached hydrogens (tertiary/aromatic N) is 6. The molecule has 11 nitrogen and oxygen atoms in total. The SMILES string of the molecule is CO[C@H]1CCC[C@H](C)CS(=O)(Nc2ncnc3nn(C)cc23)=NC(=O)c2ccc3c(c2)N(Cc2ccc(Cl)cc2CCCCO3)C[C@@H]2CC[C@H]21. The fourth-order valence-corrected chi connectivity index (χ4v) is 9.94. The quantitative estimate of drug-likeness (QED) is 0.235. The highest BCUT2D eigenvalue weighted by molar-refractivity contribution is 7.95. The molecule has 266 valence electrons. The fourth-order valence-electron chi connectivity index (χ4n) is 7.76. The minimum atomic E-state index is -3.32. The van der Waals surface area contributed by atoms with Crippen molar-refractivity contribution in [2.45, 2.75) is 70.9 Å². The van der Waals surface area contributed by atoms with Gasteiger partial charge in [0.15, 0.2) is 11.5 Å². The number of carbonyl (C=O) groups is 1. The average Bonchev–Trinajstić information content (AvgIpc) is 3.45. The van der Waals surface area contributed by atoms with Crippen LogP contribution in [0.3, 0.4) is 0 Å². The van der Waals surface area contributed by atoms with Gasteiger partial charge in [0.1, 0.15) is 22.0 Å². The van der Waals surface area contributed by atoms with Crippen molar-refractivity contribution < 1.29 is 18.5 Å². The number of methoxy groups -OCH3 is 1. The van der Waals surface area contributed by atoms with Gasteiger partial charge >= 0.3 is 0 Å². The van der Waals surface area contributed by atoms with Crippen LogP contribution in [0, 0.1) is 17.8 Å². The molecule has 2 aromatic heterocycles. The van der Waals surface area contributed by atoms with Gasteiger partial charge in [0.25, 0.3) is 5.91 Å². The van der Waals surface area contributed by atoms with Crippen LogP contribution < -0.4 is 14.4 Å². The number of ether oxygens (including phenoxy) is 2. The van der Waals surface area contributed by atoms with Crippen molar-refractivity contribution in [3.8, 4) is 5.75 Å². The number of carbonyl (C=O) groups excluding carboxylic acids is 1. The Balaban J connectivity index is 1.33. The normalized spacial score (nSPS) is 26.4. The first-order valence-corrected chi connectivity index (χ1v) is 19.8. The second-order valence-corrected chi connectivity index (χ2v) is 16.6. The van der Waals surface area contributed by atoms with Gasteiger partial charge in [0.05, 0.1) is 29.5 Å². The molecule has 13 heteroatoms. The molecule has 1 saturated carbocycles. The Hall–Kier alpha value is -3.74. The van der Waals surface area contributed by atoms with Gasteiger partial charge in [-0.3, -0.25) is 14.2 Å². The van der Waals surface area contributed by atoms with E-state index in [2.05, 4.69) is 48.1 Å². The molecule has 2 aliphatic heterocycles. The summed E-state index contributed by atoms with van der Waals surface area (Å²) in [4.78, 5) is 25.1. The zero-order valence-corrected chi connectivity index (χ0v) is 30.6. The van der Waals surface area contributed by atoms with E-state index < -0.39 is 15.8 Å². The minimum absolute atomic E-state index is 0.0188. The predicted octanol–water partition coefficient (Wildman–Crippen LogP) is 7.23.